The Bertz CT molecular complexity index is 341. The summed E-state index contributed by atoms with van der Waals surface area (Å²) in [5, 5.41) is 17.0. The Balaban J connectivity index is 3.24. The maximum Gasteiger partial charge on any atom is 0.145 e. The summed E-state index contributed by atoms with van der Waals surface area (Å²) < 4.78 is 4.86. The Morgan fingerprint density at radius 1 is 1.25 bits per heavy atom. The molecule has 58 valence electrons. The molecule has 0 unspecified atom stereocenters. The van der Waals surface area contributed by atoms with Gasteiger partial charge in [0.25, 0.3) is 0 Å². The Labute approximate surface area is 69.6 Å². The molecular formula is C8H5N3O. The Morgan fingerprint density at radius 2 is 1.75 bits per heavy atom. The van der Waals surface area contributed by atoms with Crippen LogP contribution in [0.2, 0.25) is 0 Å². The van der Waals surface area contributed by atoms with Crippen molar-refractivity contribution in [2.45, 2.75) is 0 Å². The van der Waals surface area contributed by atoms with Gasteiger partial charge in [-0.1, -0.05) is 0 Å². The Kier molecular flexibility index (Phi) is 2.25. The van der Waals surface area contributed by atoms with Crippen molar-refractivity contribution >= 4 is 0 Å². The second kappa shape index (κ2) is 3.36. The molecule has 0 bridgehead atoms. The van der Waals surface area contributed by atoms with Gasteiger partial charge in [0.05, 0.1) is 7.11 Å². The van der Waals surface area contributed by atoms with Crippen LogP contribution < -0.4 is 4.74 Å². The molecule has 0 atom stereocenters. The number of nitrogens with zero attached hydrogens (tertiary/aromatic N) is 3. The monoisotopic (exact) mass is 159 g/mol. The average Bonchev–Trinajstić information content (AvgIpc) is 2.16. The first-order valence-corrected chi connectivity index (χ1v) is 3.16. The van der Waals surface area contributed by atoms with E-state index in [2.05, 4.69) is 4.98 Å². The molecule has 0 spiro atoms. The molecule has 0 aromatic carbocycles. The van der Waals surface area contributed by atoms with E-state index in [1.807, 2.05) is 12.1 Å². The zero-order chi connectivity index (χ0) is 8.97. The van der Waals surface area contributed by atoms with Gasteiger partial charge in [-0.3, -0.25) is 0 Å². The minimum atomic E-state index is 0.186. The largest absolute Gasteiger partial charge is 0.497 e. The predicted octanol–water partition coefficient (Wildman–Crippen LogP) is 0.834. The summed E-state index contributed by atoms with van der Waals surface area (Å²) in [5.74, 6) is 0.470. The van der Waals surface area contributed by atoms with Crippen molar-refractivity contribution in [3.8, 4) is 17.9 Å². The minimum Gasteiger partial charge on any atom is -0.497 e. The van der Waals surface area contributed by atoms with Crippen LogP contribution in [0.3, 0.4) is 0 Å². The predicted molar refractivity (Wildman–Crippen MR) is 40.2 cm³/mol. The first kappa shape index (κ1) is 8.03. The van der Waals surface area contributed by atoms with E-state index >= 15 is 0 Å². The van der Waals surface area contributed by atoms with Crippen LogP contribution in [-0.4, -0.2) is 12.1 Å². The van der Waals surface area contributed by atoms with Crippen molar-refractivity contribution in [3.05, 3.63) is 23.5 Å². The van der Waals surface area contributed by atoms with Crippen LogP contribution >= 0.6 is 0 Å². The highest BCUT2D eigenvalue weighted by Gasteiger charge is 2.00. The second-order valence-corrected chi connectivity index (χ2v) is 2.00. The molecule has 4 nitrogen and oxygen atoms in total. The lowest BCUT2D eigenvalue weighted by Gasteiger charge is -1.98. The van der Waals surface area contributed by atoms with E-state index in [1.54, 1.807) is 0 Å². The van der Waals surface area contributed by atoms with E-state index in [0.717, 1.165) is 0 Å². The van der Waals surface area contributed by atoms with Gasteiger partial charge in [0.1, 0.15) is 29.3 Å². The highest BCUT2D eigenvalue weighted by atomic mass is 16.5. The van der Waals surface area contributed by atoms with E-state index < -0.39 is 0 Å². The van der Waals surface area contributed by atoms with E-state index in [4.69, 9.17) is 15.3 Å². The van der Waals surface area contributed by atoms with Gasteiger partial charge in [-0.15, -0.1) is 0 Å². The third-order valence-electron chi connectivity index (χ3n) is 1.26. The third-order valence-corrected chi connectivity index (χ3v) is 1.26. The normalized spacial score (nSPS) is 8.25. The van der Waals surface area contributed by atoms with Gasteiger partial charge in [-0.2, -0.15) is 10.5 Å². The highest BCUT2D eigenvalue weighted by Crippen LogP contribution is 2.12. The van der Waals surface area contributed by atoms with Crippen molar-refractivity contribution < 1.29 is 4.74 Å². The fourth-order valence-electron chi connectivity index (χ4n) is 0.738. The van der Waals surface area contributed by atoms with Gasteiger partial charge in [0, 0.05) is 12.1 Å². The number of rotatable bonds is 1. The van der Waals surface area contributed by atoms with Gasteiger partial charge in [0.15, 0.2) is 0 Å². The van der Waals surface area contributed by atoms with E-state index in [0.29, 0.717) is 5.75 Å². The van der Waals surface area contributed by atoms with Crippen LogP contribution in [-0.2, 0) is 0 Å². The molecule has 0 aliphatic rings. The SMILES string of the molecule is COc1cc(C#N)nc(C#N)c1. The van der Waals surface area contributed by atoms with Gasteiger partial charge in [0.2, 0.25) is 0 Å². The molecule has 0 N–H and O–H groups in total. The zero-order valence-electron chi connectivity index (χ0n) is 6.40. The summed E-state index contributed by atoms with van der Waals surface area (Å²) in [6.45, 7) is 0. The lowest BCUT2D eigenvalue weighted by Crippen LogP contribution is -1.91. The molecule has 1 aromatic heterocycles. The van der Waals surface area contributed by atoms with E-state index in [-0.39, 0.29) is 11.4 Å². The van der Waals surface area contributed by atoms with Gasteiger partial charge >= 0.3 is 0 Å². The summed E-state index contributed by atoms with van der Waals surface area (Å²) in [5.41, 5.74) is 0.372. The van der Waals surface area contributed by atoms with Crippen molar-refractivity contribution in [1.29, 1.82) is 10.5 Å². The van der Waals surface area contributed by atoms with Crippen LogP contribution in [0.25, 0.3) is 0 Å². The number of pyridine rings is 1. The molecule has 0 saturated carbocycles. The maximum atomic E-state index is 8.50. The third kappa shape index (κ3) is 1.50. The molecule has 4 heteroatoms. The molecule has 1 heterocycles. The molecule has 0 aliphatic heterocycles. The van der Waals surface area contributed by atoms with Gasteiger partial charge in [-0.05, 0) is 0 Å². The topological polar surface area (TPSA) is 69.7 Å². The summed E-state index contributed by atoms with van der Waals surface area (Å²) in [6.07, 6.45) is 0. The smallest absolute Gasteiger partial charge is 0.145 e. The van der Waals surface area contributed by atoms with Crippen LogP contribution in [0, 0.1) is 22.7 Å². The first-order chi connectivity index (χ1) is 5.80. The number of nitriles is 2. The Morgan fingerprint density at radius 3 is 2.08 bits per heavy atom. The molecule has 1 aromatic rings. The number of ether oxygens (including phenoxy) is 1. The van der Waals surface area contributed by atoms with Crippen LogP contribution in [0.4, 0.5) is 0 Å². The molecule has 0 radical (unpaired) electrons. The fourth-order valence-corrected chi connectivity index (χ4v) is 0.738. The highest BCUT2D eigenvalue weighted by molar-refractivity contribution is 5.37. The first-order valence-electron chi connectivity index (χ1n) is 3.16. The summed E-state index contributed by atoms with van der Waals surface area (Å²) >= 11 is 0. The Hall–Kier alpha value is -2.07. The van der Waals surface area contributed by atoms with Crippen molar-refractivity contribution in [2.75, 3.05) is 7.11 Å². The molecule has 12 heavy (non-hydrogen) atoms. The number of hydrogen-bond donors (Lipinski definition) is 0. The van der Waals surface area contributed by atoms with Crippen molar-refractivity contribution in [2.24, 2.45) is 0 Å². The van der Waals surface area contributed by atoms with Crippen LogP contribution in [0.5, 0.6) is 5.75 Å². The molecule has 0 fully saturated rings. The molecular weight excluding hydrogens is 154 g/mol. The minimum absolute atomic E-state index is 0.186. The van der Waals surface area contributed by atoms with Crippen molar-refractivity contribution in [1.82, 2.24) is 4.98 Å². The molecule has 0 saturated heterocycles. The second-order valence-electron chi connectivity index (χ2n) is 2.00. The summed E-state index contributed by atoms with van der Waals surface area (Å²) in [6, 6.07) is 6.61. The summed E-state index contributed by atoms with van der Waals surface area (Å²) in [7, 11) is 1.47. The molecule has 0 aliphatic carbocycles. The summed E-state index contributed by atoms with van der Waals surface area (Å²) in [4.78, 5) is 3.72. The maximum absolute atomic E-state index is 8.50. The van der Waals surface area contributed by atoms with Gasteiger partial charge in [-0.25, -0.2) is 4.98 Å². The average molecular weight is 159 g/mol. The van der Waals surface area contributed by atoms with E-state index in [9.17, 15) is 0 Å². The van der Waals surface area contributed by atoms with E-state index in [1.165, 1.54) is 19.2 Å². The van der Waals surface area contributed by atoms with Crippen LogP contribution in [0.15, 0.2) is 12.1 Å². The number of aromatic nitrogens is 1. The standard InChI is InChI=1S/C8H5N3O/c1-12-8-2-6(4-9)11-7(3-8)5-10/h2-3H,1H3. The van der Waals surface area contributed by atoms with Gasteiger partial charge < -0.3 is 4.74 Å². The number of hydrogen-bond acceptors (Lipinski definition) is 4. The molecule has 1 rings (SSSR count). The molecule has 0 amide bonds. The number of methoxy groups -OCH3 is 1. The van der Waals surface area contributed by atoms with Crippen LogP contribution in [0.1, 0.15) is 11.4 Å². The quantitative estimate of drug-likeness (QED) is 0.608. The lowest BCUT2D eigenvalue weighted by atomic mass is 10.3. The van der Waals surface area contributed by atoms with Crippen molar-refractivity contribution in [3.63, 3.8) is 0 Å². The fraction of sp³-hybridized carbons (Fsp3) is 0.125. The lowest BCUT2D eigenvalue weighted by molar-refractivity contribution is 0.414. The zero-order valence-corrected chi connectivity index (χ0v) is 6.40.